The van der Waals surface area contributed by atoms with Crippen LogP contribution in [0.4, 0.5) is 5.69 Å². The lowest BCUT2D eigenvalue weighted by Crippen LogP contribution is -2.49. The molecule has 12 heteroatoms. The van der Waals surface area contributed by atoms with Gasteiger partial charge in [-0.15, -0.1) is 26.6 Å². The van der Waals surface area contributed by atoms with E-state index in [1.54, 1.807) is 43.5 Å². The summed E-state index contributed by atoms with van der Waals surface area (Å²) in [6, 6.07) is 8.24. The van der Waals surface area contributed by atoms with Gasteiger partial charge in [0.05, 0.1) is 5.69 Å². The van der Waals surface area contributed by atoms with Gasteiger partial charge in [0.15, 0.2) is 0 Å². The zero-order chi connectivity index (χ0) is 22.9. The van der Waals surface area contributed by atoms with Crippen molar-refractivity contribution in [3.63, 3.8) is 0 Å². The average molecular weight is 465 g/mol. The standard InChI is InChI=1S/C21H19N7O4S/c1-11-24-27-20(32-11)12-5-6-16-15(8-12)28(2)21(30)14(10-31-16)22-19(29)18-23-17(25-26-18)9-13-4-3-7-33-13/h3-8,14H,9-10H2,1-2H3,(H,22,29)(H,23,25,26)/t14-/m0/s1. The Morgan fingerprint density at radius 2 is 2.21 bits per heavy atom. The first kappa shape index (κ1) is 20.8. The van der Waals surface area contributed by atoms with Crippen LogP contribution < -0.4 is 15.0 Å². The normalized spacial score (nSPS) is 15.6. The van der Waals surface area contributed by atoms with Gasteiger partial charge >= 0.3 is 0 Å². The fraction of sp³-hybridized carbons (Fsp3) is 0.238. The predicted molar refractivity (Wildman–Crippen MR) is 118 cm³/mol. The van der Waals surface area contributed by atoms with E-state index in [1.165, 1.54) is 4.90 Å². The highest BCUT2D eigenvalue weighted by atomic mass is 32.1. The van der Waals surface area contributed by atoms with E-state index in [2.05, 4.69) is 30.7 Å². The number of carbonyl (C=O) groups excluding carboxylic acids is 2. The molecule has 0 unspecified atom stereocenters. The third-order valence-corrected chi connectivity index (χ3v) is 5.97. The highest BCUT2D eigenvalue weighted by Crippen LogP contribution is 2.34. The molecule has 11 nitrogen and oxygen atoms in total. The number of rotatable bonds is 5. The molecule has 4 aromatic rings. The van der Waals surface area contributed by atoms with Crippen molar-refractivity contribution in [2.75, 3.05) is 18.6 Å². The molecule has 1 aliphatic heterocycles. The number of aromatic nitrogens is 5. The fourth-order valence-electron chi connectivity index (χ4n) is 3.42. The SMILES string of the molecule is Cc1nnc(-c2ccc3c(c2)N(C)C(=O)[C@@H](NC(=O)c2n[nH]c(Cc4cccs4)n2)CO3)o1. The van der Waals surface area contributed by atoms with E-state index < -0.39 is 11.9 Å². The van der Waals surface area contributed by atoms with Gasteiger partial charge in [0.1, 0.15) is 24.2 Å². The van der Waals surface area contributed by atoms with Gasteiger partial charge in [-0.2, -0.15) is 0 Å². The van der Waals surface area contributed by atoms with Gasteiger partial charge in [0.25, 0.3) is 11.8 Å². The van der Waals surface area contributed by atoms with Crippen LogP contribution >= 0.6 is 11.3 Å². The number of hydrogen-bond donors (Lipinski definition) is 2. The zero-order valence-corrected chi connectivity index (χ0v) is 18.5. The Balaban J connectivity index is 1.30. The molecule has 1 aliphatic rings. The van der Waals surface area contributed by atoms with Crippen LogP contribution in [0.3, 0.4) is 0 Å². The molecular formula is C21H19N7O4S. The largest absolute Gasteiger partial charge is 0.489 e. The Kier molecular flexibility index (Phi) is 5.34. The molecule has 0 saturated carbocycles. The third-order valence-electron chi connectivity index (χ3n) is 5.09. The molecule has 33 heavy (non-hydrogen) atoms. The van der Waals surface area contributed by atoms with Crippen molar-refractivity contribution in [1.29, 1.82) is 0 Å². The summed E-state index contributed by atoms with van der Waals surface area (Å²) in [5.41, 5.74) is 1.18. The van der Waals surface area contributed by atoms with Gasteiger partial charge < -0.3 is 19.4 Å². The Labute approximate surface area is 191 Å². The number of nitrogens with one attached hydrogen (secondary N) is 2. The van der Waals surface area contributed by atoms with Crippen molar-refractivity contribution in [1.82, 2.24) is 30.7 Å². The molecule has 0 fully saturated rings. The number of amides is 2. The number of carbonyl (C=O) groups is 2. The second kappa shape index (κ2) is 8.47. The number of thiophene rings is 1. The molecule has 1 atom stereocenters. The molecule has 1 aromatic carbocycles. The van der Waals surface area contributed by atoms with Crippen LogP contribution in [0.1, 0.15) is 27.2 Å². The minimum atomic E-state index is -0.914. The lowest BCUT2D eigenvalue weighted by molar-refractivity contribution is -0.120. The molecule has 0 spiro atoms. The van der Waals surface area contributed by atoms with Crippen LogP contribution in [-0.4, -0.2) is 56.9 Å². The number of likely N-dealkylation sites (N-methyl/N-ethyl adjacent to an activating group) is 1. The number of aromatic amines is 1. The van der Waals surface area contributed by atoms with Gasteiger partial charge in [-0.3, -0.25) is 14.7 Å². The molecule has 0 bridgehead atoms. The molecule has 0 radical (unpaired) electrons. The van der Waals surface area contributed by atoms with Gasteiger partial charge in [-0.05, 0) is 29.6 Å². The predicted octanol–water partition coefficient (Wildman–Crippen LogP) is 1.97. The van der Waals surface area contributed by atoms with Gasteiger partial charge in [-0.25, -0.2) is 4.98 Å². The molecule has 2 amide bonds. The molecule has 4 heterocycles. The van der Waals surface area contributed by atoms with Crippen molar-refractivity contribution in [3.05, 3.63) is 58.1 Å². The summed E-state index contributed by atoms with van der Waals surface area (Å²) in [6.45, 7) is 1.67. The van der Waals surface area contributed by atoms with E-state index in [0.717, 1.165) is 4.88 Å². The van der Waals surface area contributed by atoms with Gasteiger partial charge in [0.2, 0.25) is 17.6 Å². The fourth-order valence-corrected chi connectivity index (χ4v) is 4.13. The van der Waals surface area contributed by atoms with Crippen LogP contribution in [-0.2, 0) is 11.2 Å². The molecule has 3 aromatic heterocycles. The summed E-state index contributed by atoms with van der Waals surface area (Å²) in [6.07, 6.45) is 0.545. The van der Waals surface area contributed by atoms with E-state index in [1.807, 2.05) is 17.5 Å². The average Bonchev–Trinajstić information content (AvgIpc) is 3.57. The first-order chi connectivity index (χ1) is 16.0. The van der Waals surface area contributed by atoms with Crippen LogP contribution in [0.2, 0.25) is 0 Å². The number of nitrogens with zero attached hydrogens (tertiary/aromatic N) is 5. The lowest BCUT2D eigenvalue weighted by Gasteiger charge is -2.20. The Morgan fingerprint density at radius 3 is 2.97 bits per heavy atom. The molecule has 5 rings (SSSR count). The van der Waals surface area contributed by atoms with Crippen molar-refractivity contribution in [2.24, 2.45) is 0 Å². The van der Waals surface area contributed by atoms with E-state index >= 15 is 0 Å². The third kappa shape index (κ3) is 4.20. The molecular weight excluding hydrogens is 446 g/mol. The Hall–Kier alpha value is -4.06. The Bertz CT molecular complexity index is 1310. The molecule has 2 N–H and O–H groups in total. The number of aryl methyl sites for hydroxylation is 1. The van der Waals surface area contributed by atoms with E-state index in [0.29, 0.717) is 41.0 Å². The highest BCUT2D eigenvalue weighted by Gasteiger charge is 2.32. The topological polar surface area (TPSA) is 139 Å². The quantitative estimate of drug-likeness (QED) is 0.456. The summed E-state index contributed by atoms with van der Waals surface area (Å²) >= 11 is 1.59. The van der Waals surface area contributed by atoms with Crippen molar-refractivity contribution < 1.29 is 18.7 Å². The second-order valence-electron chi connectivity index (χ2n) is 7.40. The summed E-state index contributed by atoms with van der Waals surface area (Å²) < 4.78 is 11.3. The van der Waals surface area contributed by atoms with Gasteiger partial charge in [-0.1, -0.05) is 6.07 Å². The first-order valence-electron chi connectivity index (χ1n) is 10.1. The summed E-state index contributed by atoms with van der Waals surface area (Å²) in [4.78, 5) is 32.5. The lowest BCUT2D eigenvalue weighted by atomic mass is 10.1. The van der Waals surface area contributed by atoms with E-state index in [-0.39, 0.29) is 18.3 Å². The van der Waals surface area contributed by atoms with Crippen molar-refractivity contribution >= 4 is 28.8 Å². The maximum Gasteiger partial charge on any atom is 0.291 e. The van der Waals surface area contributed by atoms with Crippen LogP contribution in [0.15, 0.2) is 40.1 Å². The number of benzene rings is 1. The smallest absolute Gasteiger partial charge is 0.291 e. The van der Waals surface area contributed by atoms with Gasteiger partial charge in [0, 0.05) is 30.8 Å². The summed E-state index contributed by atoms with van der Waals surface area (Å²) in [5.74, 6) is 0.912. The van der Waals surface area contributed by atoms with E-state index in [9.17, 15) is 9.59 Å². The van der Waals surface area contributed by atoms with Crippen LogP contribution in [0, 0.1) is 6.92 Å². The molecule has 168 valence electrons. The summed E-state index contributed by atoms with van der Waals surface area (Å²) in [5, 5.41) is 19.2. The number of anilines is 1. The monoisotopic (exact) mass is 465 g/mol. The van der Waals surface area contributed by atoms with Crippen LogP contribution in [0.5, 0.6) is 5.75 Å². The van der Waals surface area contributed by atoms with Crippen molar-refractivity contribution in [2.45, 2.75) is 19.4 Å². The minimum absolute atomic E-state index is 0.0343. The second-order valence-corrected chi connectivity index (χ2v) is 8.44. The van der Waals surface area contributed by atoms with Crippen LogP contribution in [0.25, 0.3) is 11.5 Å². The number of hydrogen-bond acceptors (Lipinski definition) is 9. The molecule has 0 aliphatic carbocycles. The maximum absolute atomic E-state index is 13.1. The summed E-state index contributed by atoms with van der Waals surface area (Å²) in [7, 11) is 1.61. The molecule has 0 saturated heterocycles. The minimum Gasteiger partial charge on any atom is -0.489 e. The number of ether oxygens (including phenoxy) is 1. The zero-order valence-electron chi connectivity index (χ0n) is 17.7. The number of fused-ring (bicyclic) bond motifs is 1. The highest BCUT2D eigenvalue weighted by molar-refractivity contribution is 7.09. The first-order valence-corrected chi connectivity index (χ1v) is 11.0. The number of H-pyrrole nitrogens is 1. The Morgan fingerprint density at radius 1 is 1.33 bits per heavy atom. The maximum atomic E-state index is 13.1. The van der Waals surface area contributed by atoms with E-state index in [4.69, 9.17) is 9.15 Å². The van der Waals surface area contributed by atoms with Crippen molar-refractivity contribution in [3.8, 4) is 17.2 Å².